The number of carbonyl (C=O) groups excluding carboxylic acids is 1. The molecule has 0 saturated carbocycles. The molecule has 0 aromatic carbocycles. The van der Waals surface area contributed by atoms with Gasteiger partial charge in [-0.25, -0.2) is 0 Å². The van der Waals surface area contributed by atoms with Crippen LogP contribution in [0.5, 0.6) is 0 Å². The molecule has 0 saturated heterocycles. The van der Waals surface area contributed by atoms with Gasteiger partial charge in [0.2, 0.25) is 5.91 Å². The van der Waals surface area contributed by atoms with E-state index in [9.17, 15) is 28.8 Å². The molecule has 19 N–H and O–H groups in total. The molecule has 36 heavy (non-hydrogen) atoms. The number of carboxylic acid groups (broad SMARTS) is 5. The Morgan fingerprint density at radius 1 is 0.667 bits per heavy atom. The van der Waals surface area contributed by atoms with Crippen LogP contribution in [0.4, 0.5) is 0 Å². The van der Waals surface area contributed by atoms with Crippen LogP contribution in [-0.2, 0) is 28.8 Å². The van der Waals surface area contributed by atoms with Crippen LogP contribution in [0.15, 0.2) is 4.99 Å². The van der Waals surface area contributed by atoms with Crippen LogP contribution in [0.3, 0.4) is 0 Å². The molecule has 210 valence electrons. The van der Waals surface area contributed by atoms with E-state index < -0.39 is 66.3 Å². The Balaban J connectivity index is -0.000000195. The summed E-state index contributed by atoms with van der Waals surface area (Å²) in [5.41, 5.74) is 34.6. The van der Waals surface area contributed by atoms with Crippen LogP contribution >= 0.6 is 0 Å². The van der Waals surface area contributed by atoms with Gasteiger partial charge in [0.05, 0.1) is 12.8 Å². The molecule has 0 heterocycles. The molecule has 0 radical (unpaired) electrons. The Bertz CT molecular complexity index is 710. The van der Waals surface area contributed by atoms with E-state index >= 15 is 0 Å². The number of hydrogen-bond donors (Lipinski definition) is 12. The van der Waals surface area contributed by atoms with E-state index in [-0.39, 0.29) is 12.4 Å². The molecule has 19 nitrogen and oxygen atoms in total. The molecule has 0 spiro atoms. The molecule has 0 aliphatic rings. The van der Waals surface area contributed by atoms with E-state index in [1.807, 2.05) is 0 Å². The SMILES string of the molecule is CC(N)C(=O)O.NC(=O)CC(N)C(=O)O.NC(CC(=O)O)C(=O)O.NC(N)=NCCCC(N)C(=O)O. The maximum atomic E-state index is 10.2. The molecule has 0 fully saturated rings. The van der Waals surface area contributed by atoms with Gasteiger partial charge in [0, 0.05) is 6.54 Å². The second kappa shape index (κ2) is 22.7. The van der Waals surface area contributed by atoms with Gasteiger partial charge in [0.15, 0.2) is 5.96 Å². The van der Waals surface area contributed by atoms with Crippen molar-refractivity contribution in [3.8, 4) is 0 Å². The Morgan fingerprint density at radius 2 is 1.03 bits per heavy atom. The number of primary amides is 1. The summed E-state index contributed by atoms with van der Waals surface area (Å²) < 4.78 is 0. The second-order valence-electron chi connectivity index (χ2n) is 6.68. The minimum Gasteiger partial charge on any atom is -0.481 e. The summed E-state index contributed by atoms with van der Waals surface area (Å²) in [6.45, 7) is 1.84. The highest BCUT2D eigenvalue weighted by Gasteiger charge is 2.14. The van der Waals surface area contributed by atoms with Crippen LogP contribution in [0, 0.1) is 0 Å². The molecule has 0 aromatic heterocycles. The van der Waals surface area contributed by atoms with Crippen molar-refractivity contribution in [1.29, 1.82) is 0 Å². The predicted octanol–water partition coefficient (Wildman–Crippen LogP) is -4.98. The number of hydrogen-bond acceptors (Lipinski definition) is 11. The molecule has 4 atom stereocenters. The standard InChI is InChI=1S/C6H14N4O2.C4H8N2O3.C4H7NO4.C3H7NO2/c7-4(5(11)12)2-1-3-10-6(8)9;2*5-2(4(8)9)1-3(6)7;1-2(4)3(5)6/h4H,1-3,7H2,(H,11,12)(H4,8,9,10);2H,1,5H2,(H2,6,7)(H,8,9);2H,1,5H2,(H,6,7)(H,8,9);2H,4H2,1H3,(H,5,6). The van der Waals surface area contributed by atoms with Crippen LogP contribution in [0.2, 0.25) is 0 Å². The van der Waals surface area contributed by atoms with Crippen molar-refractivity contribution < 1.29 is 54.3 Å². The highest BCUT2D eigenvalue weighted by Crippen LogP contribution is 1.94. The number of aliphatic imine (C=N–C) groups is 1. The van der Waals surface area contributed by atoms with Gasteiger partial charge in [-0.05, 0) is 19.8 Å². The van der Waals surface area contributed by atoms with Crippen LogP contribution in [-0.4, -0.2) is 98.0 Å². The van der Waals surface area contributed by atoms with Gasteiger partial charge in [-0.2, -0.15) is 0 Å². The first-order valence-corrected chi connectivity index (χ1v) is 9.75. The minimum atomic E-state index is -1.29. The van der Waals surface area contributed by atoms with Gasteiger partial charge in [-0.15, -0.1) is 0 Å². The van der Waals surface area contributed by atoms with Crippen molar-refractivity contribution in [1.82, 2.24) is 0 Å². The topological polar surface area (TPSA) is 398 Å². The molecule has 19 heteroatoms. The van der Waals surface area contributed by atoms with Gasteiger partial charge in [0.25, 0.3) is 0 Å². The fourth-order valence-corrected chi connectivity index (χ4v) is 1.22. The summed E-state index contributed by atoms with van der Waals surface area (Å²) in [5.74, 6) is -6.37. The lowest BCUT2D eigenvalue weighted by atomic mass is 10.2. The van der Waals surface area contributed by atoms with Gasteiger partial charge < -0.3 is 65.7 Å². The smallest absolute Gasteiger partial charge is 0.321 e. The quantitative estimate of drug-likeness (QED) is 0.0640. The number of nitrogens with zero attached hydrogens (tertiary/aromatic N) is 1. The minimum absolute atomic E-state index is 0.0129. The molecule has 0 aromatic rings. The third-order valence-corrected chi connectivity index (χ3v) is 3.12. The Hall–Kier alpha value is -4.07. The van der Waals surface area contributed by atoms with Crippen LogP contribution in [0.25, 0.3) is 0 Å². The van der Waals surface area contributed by atoms with Crippen molar-refractivity contribution in [3.63, 3.8) is 0 Å². The number of carbonyl (C=O) groups is 6. The third kappa shape index (κ3) is 34.5. The average molecular weight is 529 g/mol. The van der Waals surface area contributed by atoms with E-state index in [1.165, 1.54) is 6.92 Å². The average Bonchev–Trinajstić information content (AvgIpc) is 2.71. The summed E-state index contributed by atoms with van der Waals surface area (Å²) >= 11 is 0. The van der Waals surface area contributed by atoms with Crippen molar-refractivity contribution in [2.75, 3.05) is 6.54 Å². The number of amides is 1. The van der Waals surface area contributed by atoms with Crippen molar-refractivity contribution in [2.45, 2.75) is 56.8 Å². The maximum absolute atomic E-state index is 10.2. The van der Waals surface area contributed by atoms with Gasteiger partial charge >= 0.3 is 29.8 Å². The normalized spacial score (nSPS) is 12.6. The molecule has 0 aliphatic heterocycles. The van der Waals surface area contributed by atoms with Crippen molar-refractivity contribution in [2.24, 2.45) is 45.1 Å². The summed E-state index contributed by atoms with van der Waals surface area (Å²) in [5, 5.41) is 40.4. The van der Waals surface area contributed by atoms with E-state index in [4.69, 9.17) is 59.9 Å². The largest absolute Gasteiger partial charge is 0.481 e. The lowest BCUT2D eigenvalue weighted by Gasteiger charge is -2.03. The Labute approximate surface area is 205 Å². The van der Waals surface area contributed by atoms with E-state index in [1.54, 1.807) is 0 Å². The number of guanidine groups is 1. The van der Waals surface area contributed by atoms with Crippen LogP contribution < -0.4 is 40.1 Å². The number of nitrogens with two attached hydrogens (primary N) is 7. The Morgan fingerprint density at radius 3 is 1.22 bits per heavy atom. The molecule has 0 aliphatic carbocycles. The van der Waals surface area contributed by atoms with Gasteiger partial charge in [-0.3, -0.25) is 33.8 Å². The first-order valence-electron chi connectivity index (χ1n) is 9.75. The molecule has 0 bridgehead atoms. The zero-order valence-electron chi connectivity index (χ0n) is 19.5. The number of rotatable bonds is 12. The second-order valence-corrected chi connectivity index (χ2v) is 6.68. The monoisotopic (exact) mass is 528 g/mol. The third-order valence-electron chi connectivity index (χ3n) is 3.12. The number of carboxylic acids is 5. The molecular weight excluding hydrogens is 492 g/mol. The number of aliphatic carboxylic acids is 5. The lowest BCUT2D eigenvalue weighted by molar-refractivity contribution is -0.144. The molecule has 0 rings (SSSR count). The summed E-state index contributed by atoms with van der Waals surface area (Å²) in [7, 11) is 0. The lowest BCUT2D eigenvalue weighted by Crippen LogP contribution is -2.34. The fourth-order valence-electron chi connectivity index (χ4n) is 1.22. The first kappa shape index (κ1) is 39.2. The van der Waals surface area contributed by atoms with E-state index in [0.29, 0.717) is 19.4 Å². The predicted molar refractivity (Wildman–Crippen MR) is 124 cm³/mol. The molecule has 1 amide bonds. The summed E-state index contributed by atoms with van der Waals surface area (Å²) in [4.78, 5) is 63.0. The maximum Gasteiger partial charge on any atom is 0.321 e. The van der Waals surface area contributed by atoms with Crippen molar-refractivity contribution in [3.05, 3.63) is 0 Å². The zero-order chi connectivity index (χ0) is 29.6. The first-order chi connectivity index (χ1) is 16.3. The Kier molecular flexibility index (Phi) is 24.7. The van der Waals surface area contributed by atoms with E-state index in [0.717, 1.165) is 0 Å². The fraction of sp³-hybridized carbons (Fsp3) is 0.588. The highest BCUT2D eigenvalue weighted by molar-refractivity contribution is 5.83. The zero-order valence-corrected chi connectivity index (χ0v) is 19.5. The van der Waals surface area contributed by atoms with E-state index in [2.05, 4.69) is 10.7 Å². The highest BCUT2D eigenvalue weighted by atomic mass is 16.4. The molecule has 4 unspecified atom stereocenters. The van der Waals surface area contributed by atoms with Crippen molar-refractivity contribution >= 4 is 41.7 Å². The summed E-state index contributed by atoms with van der Waals surface area (Å²) in [6.07, 6.45) is 0.113. The van der Waals surface area contributed by atoms with Gasteiger partial charge in [0.1, 0.15) is 24.2 Å². The van der Waals surface area contributed by atoms with Gasteiger partial charge in [-0.1, -0.05) is 0 Å². The summed E-state index contributed by atoms with van der Waals surface area (Å²) in [6, 6.07) is -4.01. The molecular formula is C17H36N8O11. The van der Waals surface area contributed by atoms with Crippen LogP contribution in [0.1, 0.15) is 32.6 Å².